The minimum Gasteiger partial charge on any atom is -0.356 e. The maximum absolute atomic E-state index is 11.4. The van der Waals surface area contributed by atoms with Crippen LogP contribution in [-0.2, 0) is 38.2 Å². The summed E-state index contributed by atoms with van der Waals surface area (Å²) >= 11 is 0. The Morgan fingerprint density at radius 2 is 1.08 bits per heavy atom. The van der Waals surface area contributed by atoms with Gasteiger partial charge >= 0.3 is 0 Å². The van der Waals surface area contributed by atoms with E-state index in [-0.39, 0.29) is 37.9 Å². The van der Waals surface area contributed by atoms with Gasteiger partial charge in [-0.25, -0.2) is 0 Å². The number of carbonyl (C=O) groups is 2. The van der Waals surface area contributed by atoms with Crippen molar-refractivity contribution >= 4 is 32.1 Å². The molecule has 0 aromatic heterocycles. The Labute approximate surface area is 148 Å². The van der Waals surface area contributed by atoms with Crippen molar-refractivity contribution in [3.05, 3.63) is 0 Å². The zero-order valence-corrected chi connectivity index (χ0v) is 16.1. The minimum absolute atomic E-state index is 0.0291. The number of carbonyl (C=O) groups excluding carboxylic acids is 2. The van der Waals surface area contributed by atoms with Gasteiger partial charge in [0.1, 0.15) is 0 Å². The summed E-state index contributed by atoms with van der Waals surface area (Å²) in [6.07, 6.45) is 3.99. The van der Waals surface area contributed by atoms with E-state index in [0.717, 1.165) is 18.9 Å². The van der Waals surface area contributed by atoms with Crippen LogP contribution < -0.4 is 10.6 Å². The summed E-state index contributed by atoms with van der Waals surface area (Å²) in [7, 11) is -7.06. The van der Waals surface area contributed by atoms with Crippen molar-refractivity contribution in [1.29, 1.82) is 0 Å². The van der Waals surface area contributed by atoms with Crippen LogP contribution in [0.15, 0.2) is 0 Å². The number of amides is 2. The van der Waals surface area contributed by atoms with Gasteiger partial charge in [0.15, 0.2) is 0 Å². The molecule has 0 atom stereocenters. The van der Waals surface area contributed by atoms with Gasteiger partial charge in [-0.3, -0.25) is 18.0 Å². The predicted octanol–water partition coefficient (Wildman–Crippen LogP) is -0.878. The van der Waals surface area contributed by atoms with Crippen LogP contribution in [0.25, 0.3) is 0 Å². The fourth-order valence-corrected chi connectivity index (χ4v) is 2.40. The highest BCUT2D eigenvalue weighted by molar-refractivity contribution is 7.86. The van der Waals surface area contributed by atoms with E-state index in [2.05, 4.69) is 19.0 Å². The summed E-state index contributed by atoms with van der Waals surface area (Å²) in [5.74, 6) is -0.578. The molecule has 0 rings (SSSR count). The average molecular weight is 402 g/mol. The molecule has 0 unspecified atom stereocenters. The van der Waals surface area contributed by atoms with E-state index in [4.69, 9.17) is 0 Å². The van der Waals surface area contributed by atoms with Gasteiger partial charge in [-0.15, -0.1) is 0 Å². The third kappa shape index (κ3) is 18.9. The molecule has 148 valence electrons. The number of hydrogen-bond acceptors (Lipinski definition) is 8. The molecule has 0 bridgehead atoms. The molecule has 12 heteroatoms. The van der Waals surface area contributed by atoms with Gasteiger partial charge in [0.05, 0.1) is 38.6 Å². The summed E-state index contributed by atoms with van der Waals surface area (Å²) in [6.45, 7) is 0.543. The van der Waals surface area contributed by atoms with Crippen LogP contribution in [0.2, 0.25) is 0 Å². The lowest BCUT2D eigenvalue weighted by atomic mass is 10.2. The molecule has 0 aromatic carbocycles. The van der Waals surface area contributed by atoms with Gasteiger partial charge in [0.2, 0.25) is 11.8 Å². The SMILES string of the molecule is CS(=O)(=O)OCCC(=O)NCCCCCNC(=O)CCOS(C)(=O)=O. The summed E-state index contributed by atoms with van der Waals surface area (Å²) < 4.78 is 51.7. The fraction of sp³-hybridized carbons (Fsp3) is 0.846. The molecule has 0 fully saturated rings. The second-order valence-electron chi connectivity index (χ2n) is 5.31. The van der Waals surface area contributed by atoms with Crippen LogP contribution >= 0.6 is 0 Å². The van der Waals surface area contributed by atoms with Crippen LogP contribution in [0.3, 0.4) is 0 Å². The minimum atomic E-state index is -3.53. The highest BCUT2D eigenvalue weighted by Crippen LogP contribution is 1.95. The Kier molecular flexibility index (Phi) is 11.6. The van der Waals surface area contributed by atoms with E-state index in [9.17, 15) is 26.4 Å². The van der Waals surface area contributed by atoms with Gasteiger partial charge in [0, 0.05) is 13.1 Å². The molecule has 2 N–H and O–H groups in total. The van der Waals surface area contributed by atoms with Crippen molar-refractivity contribution in [2.24, 2.45) is 0 Å². The van der Waals surface area contributed by atoms with Crippen molar-refractivity contribution in [2.75, 3.05) is 38.8 Å². The number of nitrogens with one attached hydrogen (secondary N) is 2. The van der Waals surface area contributed by atoms with Gasteiger partial charge in [-0.1, -0.05) is 0 Å². The Hall–Kier alpha value is -1.24. The molecule has 0 aliphatic rings. The zero-order valence-electron chi connectivity index (χ0n) is 14.4. The summed E-state index contributed by atoms with van der Waals surface area (Å²) in [4.78, 5) is 22.8. The van der Waals surface area contributed by atoms with E-state index in [1.807, 2.05) is 0 Å². The highest BCUT2D eigenvalue weighted by Gasteiger charge is 2.06. The average Bonchev–Trinajstić information content (AvgIpc) is 2.43. The maximum atomic E-state index is 11.4. The van der Waals surface area contributed by atoms with Crippen molar-refractivity contribution in [3.63, 3.8) is 0 Å². The molecular weight excluding hydrogens is 376 g/mol. The molecular formula is C13H26N2O8S2. The number of unbranched alkanes of at least 4 members (excludes halogenated alkanes) is 2. The molecule has 0 saturated carbocycles. The zero-order chi connectivity index (χ0) is 19.3. The van der Waals surface area contributed by atoms with E-state index >= 15 is 0 Å². The van der Waals surface area contributed by atoms with Crippen LogP contribution in [0, 0.1) is 0 Å². The first kappa shape index (κ1) is 23.8. The largest absolute Gasteiger partial charge is 0.356 e. The predicted molar refractivity (Wildman–Crippen MR) is 90.7 cm³/mol. The quantitative estimate of drug-likeness (QED) is 0.281. The van der Waals surface area contributed by atoms with Crippen molar-refractivity contribution < 1.29 is 34.8 Å². The standard InChI is InChI=1S/C13H26N2O8S2/c1-24(18,19)22-10-6-12(16)14-8-4-3-5-9-15-13(17)7-11-23-25(2,20)21/h3-11H2,1-2H3,(H,14,16)(H,15,17). The van der Waals surface area contributed by atoms with E-state index in [1.54, 1.807) is 0 Å². The number of rotatable bonds is 14. The van der Waals surface area contributed by atoms with Crippen molar-refractivity contribution in [3.8, 4) is 0 Å². The summed E-state index contributed by atoms with van der Waals surface area (Å²) in [6, 6.07) is 0. The van der Waals surface area contributed by atoms with Crippen LogP contribution in [0.1, 0.15) is 32.1 Å². The van der Waals surface area contributed by atoms with Gasteiger partial charge in [-0.2, -0.15) is 16.8 Å². The van der Waals surface area contributed by atoms with Crippen LogP contribution in [0.4, 0.5) is 0 Å². The fourth-order valence-electron chi connectivity index (χ4n) is 1.63. The lowest BCUT2D eigenvalue weighted by Gasteiger charge is -2.06. The summed E-state index contributed by atoms with van der Waals surface area (Å²) in [5.41, 5.74) is 0. The maximum Gasteiger partial charge on any atom is 0.264 e. The Morgan fingerprint density at radius 3 is 1.40 bits per heavy atom. The first-order valence-electron chi connectivity index (χ1n) is 7.72. The number of hydrogen-bond donors (Lipinski definition) is 2. The monoisotopic (exact) mass is 402 g/mol. The Bertz CT molecular complexity index is 562. The molecule has 0 heterocycles. The van der Waals surface area contributed by atoms with E-state index in [0.29, 0.717) is 25.9 Å². The third-order valence-corrected chi connectivity index (χ3v) is 3.94. The first-order valence-corrected chi connectivity index (χ1v) is 11.3. The summed E-state index contributed by atoms with van der Waals surface area (Å²) in [5, 5.41) is 5.27. The molecule has 0 saturated heterocycles. The molecule has 0 aromatic rings. The topological polar surface area (TPSA) is 145 Å². The van der Waals surface area contributed by atoms with E-state index < -0.39 is 20.2 Å². The Morgan fingerprint density at radius 1 is 0.720 bits per heavy atom. The Balaban J connectivity index is 3.49. The highest BCUT2D eigenvalue weighted by atomic mass is 32.2. The smallest absolute Gasteiger partial charge is 0.264 e. The molecule has 10 nitrogen and oxygen atoms in total. The van der Waals surface area contributed by atoms with Gasteiger partial charge in [-0.05, 0) is 19.3 Å². The molecule has 2 amide bonds. The lowest BCUT2D eigenvalue weighted by Crippen LogP contribution is -2.27. The third-order valence-electron chi connectivity index (χ3n) is 2.75. The van der Waals surface area contributed by atoms with Gasteiger partial charge < -0.3 is 10.6 Å². The molecule has 25 heavy (non-hydrogen) atoms. The molecule has 0 aliphatic carbocycles. The normalized spacial score (nSPS) is 11.9. The molecule has 0 spiro atoms. The first-order chi connectivity index (χ1) is 11.5. The lowest BCUT2D eigenvalue weighted by molar-refractivity contribution is -0.122. The molecule has 0 radical (unpaired) electrons. The van der Waals surface area contributed by atoms with Gasteiger partial charge in [0.25, 0.3) is 20.2 Å². The van der Waals surface area contributed by atoms with Crippen molar-refractivity contribution in [1.82, 2.24) is 10.6 Å². The molecule has 0 aliphatic heterocycles. The van der Waals surface area contributed by atoms with Crippen molar-refractivity contribution in [2.45, 2.75) is 32.1 Å². The van der Waals surface area contributed by atoms with E-state index in [1.165, 1.54) is 0 Å². The van der Waals surface area contributed by atoms with Crippen LogP contribution in [0.5, 0.6) is 0 Å². The second kappa shape index (κ2) is 12.2. The van der Waals surface area contributed by atoms with Crippen LogP contribution in [-0.4, -0.2) is 67.5 Å². The second-order valence-corrected chi connectivity index (χ2v) is 8.60.